The second kappa shape index (κ2) is 9.05. The Labute approximate surface area is 154 Å². The van der Waals surface area contributed by atoms with Gasteiger partial charge in [0.05, 0.1) is 18.6 Å². The van der Waals surface area contributed by atoms with Gasteiger partial charge in [0.2, 0.25) is 5.76 Å². The normalized spacial score (nSPS) is 13.0. The number of carbonyl (C=O) groups is 1. The van der Waals surface area contributed by atoms with Gasteiger partial charge in [-0.2, -0.15) is 0 Å². The SMILES string of the molecule is CCCCOC(=O)c1cc2c(OCCC(O)NC(C)(C)C)cccc2o1. The molecule has 0 saturated heterocycles. The average Bonchev–Trinajstić information content (AvgIpc) is 2.98. The van der Waals surface area contributed by atoms with Gasteiger partial charge in [-0.05, 0) is 39.3 Å². The number of aliphatic hydroxyl groups is 1. The number of ether oxygens (including phenoxy) is 2. The second-order valence-corrected chi connectivity index (χ2v) is 7.32. The van der Waals surface area contributed by atoms with Crippen LogP contribution in [0.25, 0.3) is 11.0 Å². The minimum atomic E-state index is -0.650. The first-order chi connectivity index (χ1) is 12.3. The quantitative estimate of drug-likeness (QED) is 0.400. The summed E-state index contributed by atoms with van der Waals surface area (Å²) in [5, 5.41) is 13.8. The molecule has 0 aliphatic heterocycles. The van der Waals surface area contributed by atoms with Crippen molar-refractivity contribution in [3.8, 4) is 5.75 Å². The summed E-state index contributed by atoms with van der Waals surface area (Å²) in [6.07, 6.45) is 1.58. The van der Waals surface area contributed by atoms with Crippen LogP contribution in [-0.4, -0.2) is 36.1 Å². The van der Waals surface area contributed by atoms with E-state index in [0.717, 1.165) is 12.8 Å². The Bertz CT molecular complexity index is 717. The maximum absolute atomic E-state index is 12.0. The Balaban J connectivity index is 1.99. The molecule has 2 aromatic rings. The third kappa shape index (κ3) is 6.04. The van der Waals surface area contributed by atoms with Crippen LogP contribution >= 0.6 is 0 Å². The molecule has 1 heterocycles. The topological polar surface area (TPSA) is 80.9 Å². The summed E-state index contributed by atoms with van der Waals surface area (Å²) in [7, 11) is 0. The van der Waals surface area contributed by atoms with Crippen LogP contribution in [-0.2, 0) is 4.74 Å². The number of furan rings is 1. The highest BCUT2D eigenvalue weighted by molar-refractivity contribution is 5.94. The highest BCUT2D eigenvalue weighted by Gasteiger charge is 2.17. The predicted octanol–water partition coefficient (Wildman–Crippen LogP) is 3.87. The number of hydrogen-bond donors (Lipinski definition) is 2. The lowest BCUT2D eigenvalue weighted by atomic mass is 10.1. The third-order valence-corrected chi connectivity index (χ3v) is 3.70. The highest BCUT2D eigenvalue weighted by atomic mass is 16.5. The van der Waals surface area contributed by atoms with E-state index in [1.165, 1.54) is 0 Å². The molecule has 6 nitrogen and oxygen atoms in total. The number of hydrogen-bond acceptors (Lipinski definition) is 6. The number of nitrogens with one attached hydrogen (secondary N) is 1. The fourth-order valence-electron chi connectivity index (χ4n) is 2.49. The molecule has 0 bridgehead atoms. The Morgan fingerprint density at radius 3 is 2.77 bits per heavy atom. The zero-order valence-electron chi connectivity index (χ0n) is 16.0. The number of esters is 1. The summed E-state index contributed by atoms with van der Waals surface area (Å²) < 4.78 is 16.5. The van der Waals surface area contributed by atoms with Gasteiger partial charge in [-0.3, -0.25) is 5.32 Å². The Morgan fingerprint density at radius 1 is 1.31 bits per heavy atom. The average molecular weight is 363 g/mol. The van der Waals surface area contributed by atoms with Crippen LogP contribution in [0.3, 0.4) is 0 Å². The highest BCUT2D eigenvalue weighted by Crippen LogP contribution is 2.29. The maximum atomic E-state index is 12.0. The summed E-state index contributed by atoms with van der Waals surface area (Å²) in [5.74, 6) is 0.314. The number of aliphatic hydroxyl groups excluding tert-OH is 1. The van der Waals surface area contributed by atoms with E-state index in [4.69, 9.17) is 13.9 Å². The molecular formula is C20H29NO5. The van der Waals surface area contributed by atoms with E-state index < -0.39 is 12.2 Å². The third-order valence-electron chi connectivity index (χ3n) is 3.70. The molecule has 0 fully saturated rings. The molecule has 26 heavy (non-hydrogen) atoms. The van der Waals surface area contributed by atoms with Gasteiger partial charge in [0.25, 0.3) is 0 Å². The van der Waals surface area contributed by atoms with Gasteiger partial charge in [-0.15, -0.1) is 0 Å². The van der Waals surface area contributed by atoms with Crippen LogP contribution in [0.1, 0.15) is 57.5 Å². The summed E-state index contributed by atoms with van der Waals surface area (Å²) in [5.41, 5.74) is 0.398. The molecule has 0 radical (unpaired) electrons. The molecule has 2 rings (SSSR count). The minimum Gasteiger partial charge on any atom is -0.493 e. The van der Waals surface area contributed by atoms with Gasteiger partial charge in [0.1, 0.15) is 17.6 Å². The van der Waals surface area contributed by atoms with Crippen LogP contribution in [0, 0.1) is 0 Å². The molecule has 1 atom stereocenters. The van der Waals surface area contributed by atoms with Crippen LogP contribution in [0.5, 0.6) is 5.75 Å². The van der Waals surface area contributed by atoms with Gasteiger partial charge in [-0.1, -0.05) is 19.4 Å². The molecule has 0 saturated carbocycles. The maximum Gasteiger partial charge on any atom is 0.374 e. The van der Waals surface area contributed by atoms with Crippen molar-refractivity contribution in [2.45, 2.75) is 58.7 Å². The Morgan fingerprint density at radius 2 is 2.08 bits per heavy atom. The van der Waals surface area contributed by atoms with Crippen LogP contribution < -0.4 is 10.1 Å². The Kier molecular flexibility index (Phi) is 7.06. The van der Waals surface area contributed by atoms with E-state index in [-0.39, 0.29) is 11.3 Å². The van der Waals surface area contributed by atoms with Gasteiger partial charge < -0.3 is 19.0 Å². The van der Waals surface area contributed by atoms with Crippen molar-refractivity contribution in [3.05, 3.63) is 30.0 Å². The molecule has 0 spiro atoms. The number of benzene rings is 1. The monoisotopic (exact) mass is 363 g/mol. The smallest absolute Gasteiger partial charge is 0.374 e. The largest absolute Gasteiger partial charge is 0.493 e. The van der Waals surface area contributed by atoms with E-state index >= 15 is 0 Å². The zero-order valence-corrected chi connectivity index (χ0v) is 16.0. The van der Waals surface area contributed by atoms with Crippen LogP contribution in [0.15, 0.2) is 28.7 Å². The van der Waals surface area contributed by atoms with Gasteiger partial charge in [0, 0.05) is 18.0 Å². The predicted molar refractivity (Wildman–Crippen MR) is 100 cm³/mol. The van der Waals surface area contributed by atoms with E-state index in [9.17, 15) is 9.90 Å². The van der Waals surface area contributed by atoms with Crippen molar-refractivity contribution in [3.63, 3.8) is 0 Å². The fraction of sp³-hybridized carbons (Fsp3) is 0.550. The van der Waals surface area contributed by atoms with Gasteiger partial charge >= 0.3 is 5.97 Å². The first-order valence-corrected chi connectivity index (χ1v) is 9.08. The van der Waals surface area contributed by atoms with E-state index in [1.807, 2.05) is 33.8 Å². The van der Waals surface area contributed by atoms with Crippen LogP contribution in [0.2, 0.25) is 0 Å². The molecule has 0 amide bonds. The summed E-state index contributed by atoms with van der Waals surface area (Å²) in [6.45, 7) is 8.73. The number of carbonyl (C=O) groups excluding carboxylic acids is 1. The molecule has 0 aliphatic carbocycles. The molecule has 1 aromatic heterocycles. The van der Waals surface area contributed by atoms with E-state index in [2.05, 4.69) is 5.32 Å². The lowest BCUT2D eigenvalue weighted by Crippen LogP contribution is -2.44. The van der Waals surface area contributed by atoms with Crippen molar-refractivity contribution < 1.29 is 23.8 Å². The standard InChI is InChI=1S/C20H29NO5/c1-5-6-11-25-19(23)17-13-14-15(8-7-9-16(14)26-17)24-12-10-18(22)21-20(2,3)4/h7-9,13,18,21-22H,5-6,10-12H2,1-4H3. The lowest BCUT2D eigenvalue weighted by molar-refractivity contribution is 0.0466. The van der Waals surface area contributed by atoms with Crippen molar-refractivity contribution in [2.24, 2.45) is 0 Å². The molecule has 1 unspecified atom stereocenters. The van der Waals surface area contributed by atoms with Crippen molar-refractivity contribution in [1.82, 2.24) is 5.32 Å². The van der Waals surface area contributed by atoms with Crippen molar-refractivity contribution in [2.75, 3.05) is 13.2 Å². The number of fused-ring (bicyclic) bond motifs is 1. The number of unbranched alkanes of at least 4 members (excludes halogenated alkanes) is 1. The fourth-order valence-corrected chi connectivity index (χ4v) is 2.49. The molecule has 6 heteroatoms. The molecule has 0 aliphatic rings. The first-order valence-electron chi connectivity index (χ1n) is 9.08. The first kappa shape index (κ1) is 20.3. The van der Waals surface area contributed by atoms with Crippen LogP contribution in [0.4, 0.5) is 0 Å². The lowest BCUT2D eigenvalue weighted by Gasteiger charge is -2.25. The molecule has 2 N–H and O–H groups in total. The summed E-state index contributed by atoms with van der Waals surface area (Å²) in [4.78, 5) is 12.0. The van der Waals surface area contributed by atoms with Crippen molar-refractivity contribution >= 4 is 16.9 Å². The molecule has 1 aromatic carbocycles. The van der Waals surface area contributed by atoms with E-state index in [1.54, 1.807) is 18.2 Å². The molecular weight excluding hydrogens is 334 g/mol. The minimum absolute atomic E-state index is 0.168. The van der Waals surface area contributed by atoms with Crippen molar-refractivity contribution in [1.29, 1.82) is 0 Å². The van der Waals surface area contributed by atoms with E-state index in [0.29, 0.717) is 36.4 Å². The zero-order chi connectivity index (χ0) is 19.2. The van der Waals surface area contributed by atoms with Gasteiger partial charge in [-0.25, -0.2) is 4.79 Å². The number of rotatable bonds is 9. The Hall–Kier alpha value is -2.05. The molecule has 144 valence electrons. The second-order valence-electron chi connectivity index (χ2n) is 7.32. The summed E-state index contributed by atoms with van der Waals surface area (Å²) in [6, 6.07) is 7.04. The summed E-state index contributed by atoms with van der Waals surface area (Å²) >= 11 is 0. The van der Waals surface area contributed by atoms with Gasteiger partial charge in [0.15, 0.2) is 0 Å².